The van der Waals surface area contributed by atoms with Gasteiger partial charge in [-0.1, -0.05) is 54.6 Å². The van der Waals surface area contributed by atoms with Crippen molar-refractivity contribution >= 4 is 28.5 Å². The van der Waals surface area contributed by atoms with Gasteiger partial charge in [0.25, 0.3) is 0 Å². The first-order chi connectivity index (χ1) is 19.4. The summed E-state index contributed by atoms with van der Waals surface area (Å²) in [6.07, 6.45) is 5.50. The fourth-order valence-electron chi connectivity index (χ4n) is 5.69. The molecule has 2 heterocycles. The minimum atomic E-state index is 0.0843. The Morgan fingerprint density at radius 1 is 1.00 bits per heavy atom. The number of nitrogens with two attached hydrogens (primary N) is 1. The second-order valence-corrected chi connectivity index (χ2v) is 11.1. The number of carbonyl (C=O) groups is 1. The average Bonchev–Trinajstić information content (AvgIpc) is 3.30. The molecule has 0 aliphatic carbocycles. The smallest absolute Gasteiger partial charge is 0.226 e. The van der Waals surface area contributed by atoms with Gasteiger partial charge in [-0.3, -0.25) is 15.1 Å². The van der Waals surface area contributed by atoms with Crippen molar-refractivity contribution in [1.29, 1.82) is 5.41 Å². The second kappa shape index (κ2) is 12.5. The molecule has 208 valence electrons. The number of anilines is 1. The molecule has 0 spiro atoms. The van der Waals surface area contributed by atoms with Crippen LogP contribution in [0.15, 0.2) is 72.8 Å². The van der Waals surface area contributed by atoms with Gasteiger partial charge in [0.15, 0.2) is 0 Å². The molecular weight excluding hydrogens is 496 g/mol. The number of amides is 1. The third kappa shape index (κ3) is 6.59. The van der Waals surface area contributed by atoms with Crippen LogP contribution in [0.1, 0.15) is 48.2 Å². The van der Waals surface area contributed by atoms with Gasteiger partial charge in [0.2, 0.25) is 5.91 Å². The highest BCUT2D eigenvalue weighted by Crippen LogP contribution is 2.26. The summed E-state index contributed by atoms with van der Waals surface area (Å²) in [6, 6.07) is 24.6. The van der Waals surface area contributed by atoms with E-state index in [1.165, 1.54) is 11.1 Å². The van der Waals surface area contributed by atoms with Crippen LogP contribution >= 0.6 is 0 Å². The molecule has 1 aromatic heterocycles. The quantitative estimate of drug-likeness (QED) is 0.213. The lowest BCUT2D eigenvalue weighted by molar-refractivity contribution is -0.118. The lowest BCUT2D eigenvalue weighted by atomic mass is 9.91. The number of carbonyl (C=O) groups excluding carboxylic acids is 1. The summed E-state index contributed by atoms with van der Waals surface area (Å²) in [5.41, 5.74) is 11.7. The maximum absolute atomic E-state index is 13.1. The zero-order valence-corrected chi connectivity index (χ0v) is 23.6. The van der Waals surface area contributed by atoms with Crippen molar-refractivity contribution in [3.63, 3.8) is 0 Å². The van der Waals surface area contributed by atoms with E-state index >= 15 is 0 Å². The minimum Gasteiger partial charge on any atom is -0.384 e. The van der Waals surface area contributed by atoms with E-state index in [-0.39, 0.29) is 11.7 Å². The number of benzene rings is 3. The molecule has 3 N–H and O–H groups in total. The molecule has 4 aromatic rings. The molecule has 3 aromatic carbocycles. The van der Waals surface area contributed by atoms with Crippen molar-refractivity contribution in [1.82, 2.24) is 14.5 Å². The van der Waals surface area contributed by atoms with E-state index in [2.05, 4.69) is 45.9 Å². The Balaban J connectivity index is 1.13. The van der Waals surface area contributed by atoms with Crippen LogP contribution in [-0.2, 0) is 31.2 Å². The fraction of sp³-hybridized carbons (Fsp3) is 0.364. The standard InChI is InChI=1S/C33H40N6O/c1-37(32(40)17-11-25-18-20-39(21-19-25)23-26-6-4-3-5-7-26)28-14-15-30-29(22-28)36-31(38(30)2)16-10-24-8-12-27(13-9-24)33(34)35/h3-9,12-15,22,25H,10-11,16-21,23H2,1-2H3,(H3,34,35). The van der Waals surface area contributed by atoms with Crippen LogP contribution in [0.2, 0.25) is 0 Å². The Morgan fingerprint density at radius 2 is 1.73 bits per heavy atom. The van der Waals surface area contributed by atoms with E-state index < -0.39 is 0 Å². The third-order valence-corrected chi connectivity index (χ3v) is 8.34. The summed E-state index contributed by atoms with van der Waals surface area (Å²) in [6.45, 7) is 3.22. The summed E-state index contributed by atoms with van der Waals surface area (Å²) in [7, 11) is 3.92. The molecule has 1 saturated heterocycles. The maximum Gasteiger partial charge on any atom is 0.226 e. The van der Waals surface area contributed by atoms with Crippen LogP contribution in [-0.4, -0.2) is 46.3 Å². The van der Waals surface area contributed by atoms with Gasteiger partial charge in [0.05, 0.1) is 11.0 Å². The van der Waals surface area contributed by atoms with E-state index in [0.29, 0.717) is 12.3 Å². The van der Waals surface area contributed by atoms with Crippen molar-refractivity contribution in [3.8, 4) is 0 Å². The molecular formula is C33H40N6O. The van der Waals surface area contributed by atoms with Crippen LogP contribution < -0.4 is 10.6 Å². The first-order valence-electron chi connectivity index (χ1n) is 14.3. The number of aryl methyl sites for hydroxylation is 3. The highest BCUT2D eigenvalue weighted by molar-refractivity contribution is 5.95. The zero-order valence-electron chi connectivity index (χ0n) is 23.6. The Morgan fingerprint density at radius 3 is 2.42 bits per heavy atom. The van der Waals surface area contributed by atoms with E-state index in [4.69, 9.17) is 16.1 Å². The van der Waals surface area contributed by atoms with Crippen LogP contribution in [0.5, 0.6) is 0 Å². The van der Waals surface area contributed by atoms with Gasteiger partial charge in [-0.25, -0.2) is 4.98 Å². The number of nitrogen functional groups attached to an aromatic ring is 1. The molecule has 0 atom stereocenters. The largest absolute Gasteiger partial charge is 0.384 e. The van der Waals surface area contributed by atoms with E-state index in [1.807, 2.05) is 50.5 Å². The maximum atomic E-state index is 13.1. The Bertz CT molecular complexity index is 1450. The lowest BCUT2D eigenvalue weighted by Crippen LogP contribution is -2.34. The van der Waals surface area contributed by atoms with Gasteiger partial charge in [0, 0.05) is 44.7 Å². The Kier molecular flexibility index (Phi) is 8.60. The molecule has 7 heteroatoms. The predicted molar refractivity (Wildman–Crippen MR) is 163 cm³/mol. The van der Waals surface area contributed by atoms with Crippen molar-refractivity contribution in [3.05, 3.63) is 95.3 Å². The Hall–Kier alpha value is -3.97. The topological polar surface area (TPSA) is 91.2 Å². The molecule has 7 nitrogen and oxygen atoms in total. The number of amidine groups is 1. The van der Waals surface area contributed by atoms with Gasteiger partial charge in [-0.05, 0) is 74.0 Å². The SMILES string of the molecule is CN(C(=O)CCC1CCN(Cc2ccccc2)CC1)c1ccc2c(c1)nc(CCc1ccc(C(=N)N)cc1)n2C. The normalized spacial score (nSPS) is 14.4. The van der Waals surface area contributed by atoms with Gasteiger partial charge in [-0.2, -0.15) is 0 Å². The summed E-state index contributed by atoms with van der Waals surface area (Å²) in [5, 5.41) is 7.55. The number of piperidine rings is 1. The monoisotopic (exact) mass is 536 g/mol. The van der Waals surface area contributed by atoms with Crippen LogP contribution in [0, 0.1) is 11.3 Å². The number of hydrogen-bond acceptors (Lipinski definition) is 4. The summed E-state index contributed by atoms with van der Waals surface area (Å²) < 4.78 is 2.13. The molecule has 1 aliphatic heterocycles. The number of imidazole rings is 1. The van der Waals surface area contributed by atoms with Gasteiger partial charge in [-0.15, -0.1) is 0 Å². The first kappa shape index (κ1) is 27.6. The van der Waals surface area contributed by atoms with Gasteiger partial charge >= 0.3 is 0 Å². The number of nitrogens with zero attached hydrogens (tertiary/aromatic N) is 4. The second-order valence-electron chi connectivity index (χ2n) is 11.1. The number of hydrogen-bond donors (Lipinski definition) is 2. The molecule has 0 radical (unpaired) electrons. The van der Waals surface area contributed by atoms with Crippen LogP contribution in [0.3, 0.4) is 0 Å². The fourth-order valence-corrected chi connectivity index (χ4v) is 5.69. The average molecular weight is 537 g/mol. The molecule has 1 aliphatic rings. The van der Waals surface area contributed by atoms with E-state index in [0.717, 1.165) is 79.8 Å². The highest BCUT2D eigenvalue weighted by atomic mass is 16.2. The molecule has 40 heavy (non-hydrogen) atoms. The molecule has 0 saturated carbocycles. The number of likely N-dealkylation sites (tertiary alicyclic amines) is 1. The van der Waals surface area contributed by atoms with Crippen molar-refractivity contribution in [2.45, 2.75) is 45.1 Å². The molecule has 0 unspecified atom stereocenters. The molecule has 1 amide bonds. The highest BCUT2D eigenvalue weighted by Gasteiger charge is 2.21. The Labute approximate surface area is 237 Å². The number of rotatable bonds is 10. The van der Waals surface area contributed by atoms with Crippen molar-refractivity contribution in [2.24, 2.45) is 18.7 Å². The lowest BCUT2D eigenvalue weighted by Gasteiger charge is -2.32. The third-order valence-electron chi connectivity index (χ3n) is 8.34. The van der Waals surface area contributed by atoms with Crippen LogP contribution in [0.25, 0.3) is 11.0 Å². The van der Waals surface area contributed by atoms with E-state index in [9.17, 15) is 4.79 Å². The van der Waals surface area contributed by atoms with E-state index in [1.54, 1.807) is 4.90 Å². The molecule has 0 bridgehead atoms. The number of nitrogens with one attached hydrogen (secondary N) is 1. The van der Waals surface area contributed by atoms with Crippen LogP contribution in [0.4, 0.5) is 5.69 Å². The van der Waals surface area contributed by atoms with Crippen molar-refractivity contribution < 1.29 is 4.79 Å². The summed E-state index contributed by atoms with van der Waals surface area (Å²) >= 11 is 0. The number of fused-ring (bicyclic) bond motifs is 1. The predicted octanol–water partition coefficient (Wildman–Crippen LogP) is 5.30. The molecule has 5 rings (SSSR count). The first-order valence-corrected chi connectivity index (χ1v) is 14.3. The number of aromatic nitrogens is 2. The minimum absolute atomic E-state index is 0.0843. The zero-order chi connectivity index (χ0) is 28.1. The van der Waals surface area contributed by atoms with Crippen molar-refractivity contribution in [2.75, 3.05) is 25.0 Å². The van der Waals surface area contributed by atoms with Gasteiger partial charge in [0.1, 0.15) is 11.7 Å². The van der Waals surface area contributed by atoms with Gasteiger partial charge < -0.3 is 15.2 Å². The summed E-state index contributed by atoms with van der Waals surface area (Å²) in [4.78, 5) is 22.3. The molecule has 1 fully saturated rings. The summed E-state index contributed by atoms with van der Waals surface area (Å²) in [5.74, 6) is 1.87.